The van der Waals surface area contributed by atoms with E-state index in [1.165, 1.54) is 38.8 Å². The SMILES string of the molecule is O=C(O)CCCC(=O)Nc1ccc(C2OC(CN3CCCC3CN3CCCC3)CC(c3ccc(CO)cc3)O2)cc1. The van der Waals surface area contributed by atoms with Gasteiger partial charge in [-0.1, -0.05) is 36.4 Å². The number of aliphatic hydroxyl groups is 1. The van der Waals surface area contributed by atoms with E-state index in [1.807, 2.05) is 48.5 Å². The number of carbonyl (C=O) groups excluding carboxylic acids is 1. The van der Waals surface area contributed by atoms with Gasteiger partial charge in [-0.25, -0.2) is 0 Å². The molecule has 0 radical (unpaired) electrons. The first kappa shape index (κ1) is 29.7. The Balaban J connectivity index is 1.26. The molecule has 3 aliphatic heterocycles. The van der Waals surface area contributed by atoms with Crippen LogP contribution in [0.15, 0.2) is 48.5 Å². The first-order chi connectivity index (χ1) is 20.0. The first-order valence-corrected chi connectivity index (χ1v) is 15.1. The summed E-state index contributed by atoms with van der Waals surface area (Å²) < 4.78 is 13.1. The Labute approximate surface area is 242 Å². The predicted molar refractivity (Wildman–Crippen MR) is 155 cm³/mol. The molecular formula is C32H43N3O6. The van der Waals surface area contributed by atoms with E-state index in [4.69, 9.17) is 14.6 Å². The number of hydrogen-bond donors (Lipinski definition) is 3. The second kappa shape index (κ2) is 14.4. The molecule has 3 aliphatic rings. The number of carboxylic acid groups (broad SMARTS) is 1. The Hall–Kier alpha value is -2.82. The summed E-state index contributed by atoms with van der Waals surface area (Å²) in [4.78, 5) is 28.1. The highest BCUT2D eigenvalue weighted by molar-refractivity contribution is 5.90. The summed E-state index contributed by atoms with van der Waals surface area (Å²) in [5, 5.41) is 21.1. The van der Waals surface area contributed by atoms with Gasteiger partial charge in [-0.15, -0.1) is 0 Å². The summed E-state index contributed by atoms with van der Waals surface area (Å²) >= 11 is 0. The van der Waals surface area contributed by atoms with Gasteiger partial charge in [0.1, 0.15) is 0 Å². The molecule has 2 aromatic rings. The second-order valence-corrected chi connectivity index (χ2v) is 11.6. The average molecular weight is 566 g/mol. The number of carbonyl (C=O) groups is 2. The zero-order valence-electron chi connectivity index (χ0n) is 23.7. The van der Waals surface area contributed by atoms with E-state index in [-0.39, 0.29) is 37.6 Å². The lowest BCUT2D eigenvalue weighted by molar-refractivity contribution is -0.253. The van der Waals surface area contributed by atoms with E-state index >= 15 is 0 Å². The number of anilines is 1. The molecule has 3 N–H and O–H groups in total. The maximum Gasteiger partial charge on any atom is 0.303 e. The Morgan fingerprint density at radius 2 is 1.61 bits per heavy atom. The third-order valence-electron chi connectivity index (χ3n) is 8.48. The number of aliphatic hydroxyl groups excluding tert-OH is 1. The molecule has 41 heavy (non-hydrogen) atoms. The van der Waals surface area contributed by atoms with Gasteiger partial charge < -0.3 is 29.9 Å². The Bertz CT molecular complexity index is 1140. The van der Waals surface area contributed by atoms with Gasteiger partial charge in [0.05, 0.1) is 18.8 Å². The molecule has 3 fully saturated rings. The monoisotopic (exact) mass is 565 g/mol. The van der Waals surface area contributed by atoms with Crippen LogP contribution in [0.25, 0.3) is 0 Å². The molecule has 1 amide bonds. The highest BCUT2D eigenvalue weighted by Crippen LogP contribution is 2.39. The Kier molecular flexibility index (Phi) is 10.4. The molecule has 222 valence electrons. The molecule has 0 spiro atoms. The largest absolute Gasteiger partial charge is 0.481 e. The van der Waals surface area contributed by atoms with E-state index in [9.17, 15) is 14.7 Å². The van der Waals surface area contributed by atoms with Gasteiger partial charge in [0.15, 0.2) is 6.29 Å². The molecule has 9 heteroatoms. The fraction of sp³-hybridized carbons (Fsp3) is 0.562. The molecule has 0 aliphatic carbocycles. The predicted octanol–water partition coefficient (Wildman–Crippen LogP) is 4.48. The smallest absolute Gasteiger partial charge is 0.303 e. The third kappa shape index (κ3) is 8.36. The van der Waals surface area contributed by atoms with Crippen molar-refractivity contribution in [3.8, 4) is 0 Å². The molecule has 0 saturated carbocycles. The molecular weight excluding hydrogens is 522 g/mol. The van der Waals surface area contributed by atoms with Crippen LogP contribution in [0.3, 0.4) is 0 Å². The van der Waals surface area contributed by atoms with Crippen molar-refractivity contribution in [3.05, 3.63) is 65.2 Å². The lowest BCUT2D eigenvalue weighted by Gasteiger charge is -2.39. The van der Waals surface area contributed by atoms with Crippen LogP contribution in [0.2, 0.25) is 0 Å². The van der Waals surface area contributed by atoms with Gasteiger partial charge in [0, 0.05) is 49.6 Å². The summed E-state index contributed by atoms with van der Waals surface area (Å²) in [6, 6.07) is 16.0. The fourth-order valence-electron chi connectivity index (χ4n) is 6.25. The van der Waals surface area contributed by atoms with E-state index < -0.39 is 12.3 Å². The summed E-state index contributed by atoms with van der Waals surface area (Å²) in [6.07, 6.45) is 5.59. The van der Waals surface area contributed by atoms with Crippen LogP contribution < -0.4 is 5.32 Å². The lowest BCUT2D eigenvalue weighted by atomic mass is 9.99. The van der Waals surface area contributed by atoms with Gasteiger partial charge >= 0.3 is 5.97 Å². The van der Waals surface area contributed by atoms with E-state index in [2.05, 4.69) is 15.1 Å². The van der Waals surface area contributed by atoms with Crippen molar-refractivity contribution >= 4 is 17.6 Å². The summed E-state index contributed by atoms with van der Waals surface area (Å²) in [6.45, 7) is 5.54. The van der Waals surface area contributed by atoms with Crippen LogP contribution in [0.5, 0.6) is 0 Å². The van der Waals surface area contributed by atoms with Crippen LogP contribution >= 0.6 is 0 Å². The molecule has 4 atom stereocenters. The topological polar surface area (TPSA) is 112 Å². The highest BCUT2D eigenvalue weighted by Gasteiger charge is 2.36. The minimum Gasteiger partial charge on any atom is -0.481 e. The Morgan fingerprint density at radius 3 is 2.32 bits per heavy atom. The summed E-state index contributed by atoms with van der Waals surface area (Å²) in [5.74, 6) is -1.10. The molecule has 3 heterocycles. The van der Waals surface area contributed by atoms with Gasteiger partial charge in [0.2, 0.25) is 5.91 Å². The second-order valence-electron chi connectivity index (χ2n) is 11.6. The van der Waals surface area contributed by atoms with Gasteiger partial charge in [-0.2, -0.15) is 0 Å². The number of benzene rings is 2. The summed E-state index contributed by atoms with van der Waals surface area (Å²) in [5.41, 5.74) is 3.47. The molecule has 5 rings (SSSR count). The first-order valence-electron chi connectivity index (χ1n) is 15.1. The van der Waals surface area contributed by atoms with Crippen LogP contribution in [0.4, 0.5) is 5.69 Å². The molecule has 3 saturated heterocycles. The maximum atomic E-state index is 12.2. The molecule has 9 nitrogen and oxygen atoms in total. The van der Waals surface area contributed by atoms with Crippen molar-refractivity contribution in [1.82, 2.24) is 9.80 Å². The maximum absolute atomic E-state index is 12.2. The standard InChI is InChI=1S/C32H43N3O6/c36-22-23-8-10-24(11-9-23)29-19-28(21-35-18-4-5-27(35)20-34-16-1-2-17-34)40-32(41-29)25-12-14-26(15-13-25)33-30(37)6-3-7-31(38)39/h8-15,27-29,32,36H,1-7,16-22H2,(H,33,37)(H,38,39). The van der Waals surface area contributed by atoms with Crippen LogP contribution in [0.1, 0.15) is 80.5 Å². The number of nitrogens with zero attached hydrogens (tertiary/aromatic N) is 2. The number of rotatable bonds is 12. The average Bonchev–Trinajstić information content (AvgIpc) is 3.65. The number of nitrogens with one attached hydrogen (secondary N) is 1. The van der Waals surface area contributed by atoms with E-state index in [0.717, 1.165) is 42.7 Å². The normalized spacial score (nSPS) is 25.4. The number of likely N-dealkylation sites (tertiary alicyclic amines) is 2. The number of hydrogen-bond acceptors (Lipinski definition) is 7. The van der Waals surface area contributed by atoms with Crippen molar-refractivity contribution in [1.29, 1.82) is 0 Å². The van der Waals surface area contributed by atoms with Crippen LogP contribution in [-0.2, 0) is 25.7 Å². The lowest BCUT2D eigenvalue weighted by Crippen LogP contribution is -2.45. The fourth-order valence-corrected chi connectivity index (χ4v) is 6.25. The van der Waals surface area contributed by atoms with Crippen LogP contribution in [0, 0.1) is 0 Å². The van der Waals surface area contributed by atoms with E-state index in [1.54, 1.807) is 0 Å². The number of carboxylic acids is 1. The van der Waals surface area contributed by atoms with Crippen molar-refractivity contribution in [3.63, 3.8) is 0 Å². The van der Waals surface area contributed by atoms with Crippen molar-refractivity contribution in [2.45, 2.75) is 82.5 Å². The zero-order valence-corrected chi connectivity index (χ0v) is 23.7. The minimum absolute atomic E-state index is 0.00376. The van der Waals surface area contributed by atoms with Crippen molar-refractivity contribution in [2.75, 3.05) is 38.0 Å². The number of ether oxygens (including phenoxy) is 2. The molecule has 4 unspecified atom stereocenters. The third-order valence-corrected chi connectivity index (χ3v) is 8.48. The van der Waals surface area contributed by atoms with Crippen molar-refractivity contribution in [2.24, 2.45) is 0 Å². The zero-order chi connectivity index (χ0) is 28.6. The molecule has 2 aromatic carbocycles. The van der Waals surface area contributed by atoms with Gasteiger partial charge in [-0.3, -0.25) is 14.5 Å². The number of amides is 1. The molecule has 0 bridgehead atoms. The number of aliphatic carboxylic acids is 1. The highest BCUT2D eigenvalue weighted by atomic mass is 16.7. The van der Waals surface area contributed by atoms with Crippen molar-refractivity contribution < 1.29 is 29.3 Å². The van der Waals surface area contributed by atoms with Crippen LogP contribution in [-0.4, -0.2) is 76.8 Å². The Morgan fingerprint density at radius 1 is 0.878 bits per heavy atom. The minimum atomic E-state index is -0.901. The molecule has 0 aromatic heterocycles. The van der Waals surface area contributed by atoms with Gasteiger partial charge in [-0.05, 0) is 75.0 Å². The quantitative estimate of drug-likeness (QED) is 0.346. The van der Waals surface area contributed by atoms with Gasteiger partial charge in [0.25, 0.3) is 0 Å². The van der Waals surface area contributed by atoms with E-state index in [0.29, 0.717) is 18.2 Å². The summed E-state index contributed by atoms with van der Waals surface area (Å²) in [7, 11) is 0.